The summed E-state index contributed by atoms with van der Waals surface area (Å²) in [5.74, 6) is -1.22. The Labute approximate surface area is 548 Å². The number of H-pyrrole nitrogens is 2. The number of ether oxygens (including phenoxy) is 13. The molecule has 92 heavy (non-hydrogen) atoms. The van der Waals surface area contributed by atoms with Crippen molar-refractivity contribution in [2.45, 2.75) is 6.10 Å². The summed E-state index contributed by atoms with van der Waals surface area (Å²) >= 11 is 0. The van der Waals surface area contributed by atoms with Crippen molar-refractivity contribution in [3.63, 3.8) is 0 Å². The molecule has 0 saturated carbocycles. The average Bonchev–Trinajstić information content (AvgIpc) is 1.64. The van der Waals surface area contributed by atoms with Crippen molar-refractivity contribution in [1.29, 1.82) is 0 Å². The van der Waals surface area contributed by atoms with Crippen LogP contribution in [0.4, 0.5) is 0 Å². The number of methoxy groups -OCH3 is 3. The van der Waals surface area contributed by atoms with E-state index in [1.807, 2.05) is 121 Å². The van der Waals surface area contributed by atoms with Gasteiger partial charge in [-0.3, -0.25) is 0 Å². The molecule has 2 aliphatic rings. The second-order valence-electron chi connectivity index (χ2n) is 20.0. The number of hydrogen-bond acceptors (Lipinski definition) is 19. The van der Waals surface area contributed by atoms with E-state index in [0.717, 1.165) is 49.9 Å². The zero-order valence-electron chi connectivity index (χ0n) is 51.8. The van der Waals surface area contributed by atoms with Gasteiger partial charge in [-0.1, -0.05) is 48.5 Å². The van der Waals surface area contributed by atoms with Crippen molar-refractivity contribution in [1.82, 2.24) is 32.2 Å². The summed E-state index contributed by atoms with van der Waals surface area (Å²) in [7, 11) is 4.90. The summed E-state index contributed by atoms with van der Waals surface area (Å²) < 4.78 is 72.6. The molecule has 0 radical (unpaired) electrons. The van der Waals surface area contributed by atoms with E-state index < -0.39 is 18.0 Å². The van der Waals surface area contributed by atoms with Crippen LogP contribution in [0.1, 0.15) is 22.8 Å². The van der Waals surface area contributed by atoms with Gasteiger partial charge in [0.1, 0.15) is 42.8 Å². The van der Waals surface area contributed by atoms with Crippen LogP contribution in [-0.2, 0) is 73.3 Å². The molecule has 0 spiro atoms. The second kappa shape index (κ2) is 38.7. The van der Waals surface area contributed by atoms with Gasteiger partial charge in [0, 0.05) is 65.7 Å². The minimum Gasteiger partial charge on any atom is -0.491 e. The number of fused-ring (bicyclic) bond motifs is 8. The van der Waals surface area contributed by atoms with Crippen LogP contribution in [0.5, 0.6) is 23.0 Å². The Bertz CT molecular complexity index is 3560. The normalized spacial score (nSPS) is 11.4. The van der Waals surface area contributed by atoms with E-state index in [0.29, 0.717) is 176 Å². The Balaban J connectivity index is 0.00000448. The summed E-state index contributed by atoms with van der Waals surface area (Å²) in [6.45, 7) is 7.92. The van der Waals surface area contributed by atoms with Crippen LogP contribution in [-0.4, -0.2) is 188 Å². The fourth-order valence-corrected chi connectivity index (χ4v) is 9.66. The second-order valence-corrected chi connectivity index (χ2v) is 20.0. The number of benzene rings is 4. The molecule has 0 aliphatic carbocycles. The summed E-state index contributed by atoms with van der Waals surface area (Å²) in [5, 5.41) is 19.2. The summed E-state index contributed by atoms with van der Waals surface area (Å²) in [4.78, 5) is 42.1. The summed E-state index contributed by atoms with van der Waals surface area (Å²) in [6, 6.07) is 38.2. The van der Waals surface area contributed by atoms with E-state index in [2.05, 4.69) is 9.97 Å². The zero-order chi connectivity index (χ0) is 62.0. The van der Waals surface area contributed by atoms with Gasteiger partial charge in [0.25, 0.3) is 6.10 Å². The third-order valence-corrected chi connectivity index (χ3v) is 13.9. The molecular formula is C68H80N6O17Pt+2. The van der Waals surface area contributed by atoms with Crippen LogP contribution in [0.25, 0.3) is 90.9 Å². The topological polar surface area (TPSA) is 322 Å². The number of aliphatic carboxylic acids is 2. The molecule has 10 N–H and O–H groups in total. The largest absolute Gasteiger partial charge is 2.00 e. The van der Waals surface area contributed by atoms with Crippen molar-refractivity contribution in [2.24, 2.45) is 0 Å². The Morgan fingerprint density at radius 1 is 0.348 bits per heavy atom. The number of carboxylic acid groups (broad SMARTS) is 2. The molecule has 9 rings (SSSR count). The number of hydrogen-bond donors (Lipinski definition) is 6. The smallest absolute Gasteiger partial charge is 0.491 e. The predicted molar refractivity (Wildman–Crippen MR) is 347 cm³/mol. The monoisotopic (exact) mass is 1450 g/mol. The Morgan fingerprint density at radius 3 is 0.815 bits per heavy atom. The van der Waals surface area contributed by atoms with Crippen molar-refractivity contribution >= 4 is 58.3 Å². The van der Waals surface area contributed by atoms with Gasteiger partial charge in [0.15, 0.2) is 0 Å². The molecule has 0 amide bonds. The minimum absolute atomic E-state index is 0. The third-order valence-electron chi connectivity index (χ3n) is 13.9. The van der Waals surface area contributed by atoms with Gasteiger partial charge in [0.05, 0.1) is 122 Å². The van der Waals surface area contributed by atoms with Crippen LogP contribution < -0.4 is 31.2 Å². The maximum absolute atomic E-state index is 11.8. The van der Waals surface area contributed by atoms with Gasteiger partial charge < -0.3 is 94.1 Å². The number of nitrogens with zero attached hydrogens (tertiary/aromatic N) is 2. The molecule has 3 aromatic heterocycles. The molecule has 7 aromatic rings. The fourth-order valence-electron chi connectivity index (χ4n) is 9.66. The number of carbonyl (C=O) groups is 2. The molecule has 8 bridgehead atoms. The standard InChI is InChI=1S/C68H74N4O17.2H3N.Pt/c1-77-28-31-80-34-37-83-40-43-86-50-12-4-46(5-13-50)62-54-20-22-56(69-54)63(47-6-14-51(15-7-47)87-44-41-84-38-35-81-32-29-78-2)58-24-26-60(71-58)65(49-10-18-53(19-11-49)89-66(67(73)74)68(75)76)61-27-25-59(72-61)64(57-23-21-55(62)70-57)48-8-16-52(17-9-48)88-45-42-85-39-36-82-33-30-79-3;;;/h4-27,66,69,72H,28-45H2,1-3H3,(H,73,74)(H,75,76);2*1H3;/q;;;+2. The van der Waals surface area contributed by atoms with E-state index in [1.165, 1.54) is 12.1 Å². The number of aromatic nitrogens is 4. The van der Waals surface area contributed by atoms with E-state index in [9.17, 15) is 19.8 Å². The van der Waals surface area contributed by atoms with E-state index in [-0.39, 0.29) is 39.1 Å². The van der Waals surface area contributed by atoms with Crippen LogP contribution >= 0.6 is 0 Å². The number of rotatable bonds is 38. The molecule has 5 heterocycles. The van der Waals surface area contributed by atoms with E-state index in [4.69, 9.17) is 71.5 Å². The molecule has 0 fully saturated rings. The Hall–Kier alpha value is -8.13. The van der Waals surface area contributed by atoms with E-state index in [1.54, 1.807) is 33.5 Å². The summed E-state index contributed by atoms with van der Waals surface area (Å²) in [6.07, 6.45) is 5.84. The predicted octanol–water partition coefficient (Wildman–Crippen LogP) is 10.7. The number of nitrogens with one attached hydrogen (secondary N) is 2. The van der Waals surface area contributed by atoms with Crippen molar-refractivity contribution < 1.29 is 102 Å². The average molecular weight is 1450 g/mol. The SMILES string of the molecule is COCCOCCOCCOc1ccc(-c2c3nc(c(-c4ccc(OCCOCCOCCOC)cc4)c4ccc([nH]4)c(-c4ccc(OC(C(=O)O)C(=O)O)cc4)c4nc(c(-c5ccc(OCCOCCOCCOC)cc5)c5ccc2[nH]5)C=C4)C=C3)cc1.N.N.[Pt+2]. The molecule has 2 aliphatic heterocycles. The quantitative estimate of drug-likeness (QED) is 0.0155. The minimum atomic E-state index is -2.11. The molecule has 492 valence electrons. The maximum Gasteiger partial charge on any atom is 2.00 e. The fraction of sp³-hybridized carbons (Fsp3) is 0.324. The molecule has 23 nitrogen and oxygen atoms in total. The van der Waals surface area contributed by atoms with Crippen LogP contribution in [0.15, 0.2) is 121 Å². The van der Waals surface area contributed by atoms with Crippen molar-refractivity contribution in [3.8, 4) is 67.5 Å². The van der Waals surface area contributed by atoms with Crippen molar-refractivity contribution in [3.05, 3.63) is 144 Å². The van der Waals surface area contributed by atoms with E-state index >= 15 is 0 Å². The van der Waals surface area contributed by atoms with Crippen LogP contribution in [0, 0.1) is 0 Å². The summed E-state index contributed by atoms with van der Waals surface area (Å²) in [5.41, 5.74) is 12.0. The van der Waals surface area contributed by atoms with Gasteiger partial charge in [-0.2, -0.15) is 0 Å². The van der Waals surface area contributed by atoms with Crippen LogP contribution in [0.3, 0.4) is 0 Å². The first-order valence-corrected chi connectivity index (χ1v) is 29.2. The molecule has 0 atom stereocenters. The first-order valence-electron chi connectivity index (χ1n) is 29.2. The number of aromatic amines is 2. The zero-order valence-corrected chi connectivity index (χ0v) is 54.1. The molecule has 4 aromatic carbocycles. The van der Waals surface area contributed by atoms with Gasteiger partial charge in [-0.25, -0.2) is 19.6 Å². The van der Waals surface area contributed by atoms with Crippen molar-refractivity contribution in [2.75, 3.05) is 140 Å². The number of carboxylic acids is 2. The van der Waals surface area contributed by atoms with Gasteiger partial charge in [-0.05, 0) is 119 Å². The van der Waals surface area contributed by atoms with Gasteiger partial charge >= 0.3 is 33.0 Å². The first-order chi connectivity index (χ1) is 43.7. The first kappa shape index (κ1) is 72.9. The molecule has 24 heteroatoms. The van der Waals surface area contributed by atoms with Crippen LogP contribution in [0.2, 0.25) is 0 Å². The molecule has 0 unspecified atom stereocenters. The Kier molecular flexibility index (Phi) is 30.6. The Morgan fingerprint density at radius 2 is 0.576 bits per heavy atom. The molecular weight excluding hydrogens is 1370 g/mol. The maximum atomic E-state index is 11.8. The van der Waals surface area contributed by atoms with Gasteiger partial charge in [-0.15, -0.1) is 0 Å². The third kappa shape index (κ3) is 20.7. The molecule has 0 saturated heterocycles. The van der Waals surface area contributed by atoms with Gasteiger partial charge in [0.2, 0.25) is 0 Å².